The molecular weight excluding hydrogens is 349 g/mol. The van der Waals surface area contributed by atoms with Gasteiger partial charge >= 0.3 is 0 Å². The van der Waals surface area contributed by atoms with Gasteiger partial charge in [-0.2, -0.15) is 0 Å². The van der Waals surface area contributed by atoms with Crippen LogP contribution in [0.5, 0.6) is 0 Å². The van der Waals surface area contributed by atoms with Crippen molar-refractivity contribution in [3.05, 3.63) is 57.4 Å². The van der Waals surface area contributed by atoms with Gasteiger partial charge in [0.2, 0.25) is 5.91 Å². The van der Waals surface area contributed by atoms with Crippen LogP contribution in [-0.4, -0.2) is 24.4 Å². The Bertz CT molecular complexity index is 505. The molecule has 3 nitrogen and oxygen atoms in total. The molecule has 0 fully saturated rings. The van der Waals surface area contributed by atoms with Crippen molar-refractivity contribution in [1.29, 1.82) is 0 Å². The number of carbonyl (C=O) groups excluding carboxylic acids is 1. The lowest BCUT2D eigenvalue weighted by Gasteiger charge is -2.16. The van der Waals surface area contributed by atoms with Crippen molar-refractivity contribution in [2.75, 3.05) is 13.6 Å². The van der Waals surface area contributed by atoms with E-state index in [4.69, 9.17) is 0 Å². The zero-order valence-corrected chi connectivity index (χ0v) is 13.1. The van der Waals surface area contributed by atoms with Crippen molar-refractivity contribution in [2.24, 2.45) is 0 Å². The molecule has 100 valence electrons. The topological polar surface area (TPSA) is 32.3 Å². The summed E-state index contributed by atoms with van der Waals surface area (Å²) in [6.07, 6.45) is 7.40. The van der Waals surface area contributed by atoms with Crippen LogP contribution < -0.4 is 5.32 Å². The first kappa shape index (κ1) is 14.1. The lowest BCUT2D eigenvalue weighted by molar-refractivity contribution is -0.117. The van der Waals surface area contributed by atoms with Crippen LogP contribution in [0.2, 0.25) is 0 Å². The van der Waals surface area contributed by atoms with E-state index in [1.54, 1.807) is 0 Å². The second-order valence-corrected chi connectivity index (χ2v) is 5.79. The maximum Gasteiger partial charge on any atom is 0.249 e. The summed E-state index contributed by atoms with van der Waals surface area (Å²) in [5, 5.41) is 2.97. The highest BCUT2D eigenvalue weighted by atomic mass is 125. The second kappa shape index (κ2) is 6.75. The van der Waals surface area contributed by atoms with Crippen LogP contribution in [0.3, 0.4) is 0 Å². The molecule has 1 amide bonds. The molecule has 4 heteroatoms. The summed E-state index contributed by atoms with van der Waals surface area (Å²) in [6.45, 7) is 0.671. The van der Waals surface area contributed by atoms with E-state index >= 15 is 0 Å². The monoisotopic (exact) mass is 366 g/mol. The number of carbonyl (C=O) groups is 1. The summed E-state index contributed by atoms with van der Waals surface area (Å²) in [4.78, 5) is 13.8. The molecule has 2 rings (SSSR count). The van der Waals surface area contributed by atoms with Crippen molar-refractivity contribution in [3.8, 4) is 0 Å². The van der Waals surface area contributed by atoms with Gasteiger partial charge in [0, 0.05) is 28.9 Å². The van der Waals surface area contributed by atoms with E-state index in [2.05, 4.69) is 52.2 Å². The summed E-state index contributed by atoms with van der Waals surface area (Å²) in [5.74, 6) is 0.0294. The predicted octanol–water partition coefficient (Wildman–Crippen LogP) is 2.68. The molecule has 1 heterocycles. The summed E-state index contributed by atoms with van der Waals surface area (Å²) in [5.41, 5.74) is 2.06. The fourth-order valence-electron chi connectivity index (χ4n) is 1.92. The first-order valence-electron chi connectivity index (χ1n) is 6.27. The minimum atomic E-state index is 0.0294. The van der Waals surface area contributed by atoms with Crippen molar-refractivity contribution < 1.29 is 4.79 Å². The molecule has 1 N–H and O–H groups in total. The maximum absolute atomic E-state index is 11.9. The molecule has 0 saturated heterocycles. The Hall–Kier alpha value is -1.30. The van der Waals surface area contributed by atoms with E-state index in [-0.39, 0.29) is 5.91 Å². The van der Waals surface area contributed by atoms with Crippen molar-refractivity contribution in [3.63, 3.8) is 0 Å². The molecule has 1 aliphatic rings. The number of benzene rings is 1. The quantitative estimate of drug-likeness (QED) is 0.832. The maximum atomic E-state index is 11.9. The number of nitrogens with zero attached hydrogens (tertiary/aromatic N) is 1. The van der Waals surface area contributed by atoms with Crippen LogP contribution in [0, 0.1) is 3.57 Å². The highest BCUT2D eigenvalue weighted by molar-refractivity contribution is 14.1. The summed E-state index contributed by atoms with van der Waals surface area (Å²) in [7, 11) is 1.93. The van der Waals surface area contributed by atoms with Gasteiger partial charge in [-0.05, 0) is 59.3 Å². The third-order valence-corrected chi connectivity index (χ3v) is 3.66. The Kier molecular flexibility index (Phi) is 5.01. The zero-order chi connectivity index (χ0) is 13.7. The molecule has 0 radical (unpaired) electrons. The molecule has 19 heavy (non-hydrogen) atoms. The Balaban J connectivity index is 1.79. The molecule has 0 saturated carbocycles. The standard InChI is InChI=1S/C15H17IN2O/c1-18-10-2-3-13(11-18)15(19)17-9-8-12-4-6-14(16)7-5-12/h2,4-7,10-11H,3,8-9H2,1H3,(H,17,19)/i16-2. The number of hydrogen-bond donors (Lipinski definition) is 1. The van der Waals surface area contributed by atoms with Crippen LogP contribution in [0.15, 0.2) is 48.3 Å². The molecule has 0 aliphatic carbocycles. The van der Waals surface area contributed by atoms with Crippen molar-refractivity contribution in [1.82, 2.24) is 10.2 Å². The summed E-state index contributed by atoms with van der Waals surface area (Å²) < 4.78 is 1.23. The fourth-order valence-corrected chi connectivity index (χ4v) is 2.28. The average molecular weight is 366 g/mol. The largest absolute Gasteiger partial charge is 0.357 e. The number of allylic oxidation sites excluding steroid dienone is 1. The van der Waals surface area contributed by atoms with E-state index in [9.17, 15) is 4.79 Å². The van der Waals surface area contributed by atoms with Gasteiger partial charge in [-0.25, -0.2) is 0 Å². The SMILES string of the molecule is CN1C=CCC(C(=O)NCCc2ccc([125I])cc2)=C1. The van der Waals surface area contributed by atoms with Gasteiger partial charge in [-0.3, -0.25) is 4.79 Å². The highest BCUT2D eigenvalue weighted by Crippen LogP contribution is 2.10. The van der Waals surface area contributed by atoms with E-state index in [1.807, 2.05) is 30.4 Å². The minimum Gasteiger partial charge on any atom is -0.357 e. The third-order valence-electron chi connectivity index (χ3n) is 2.94. The summed E-state index contributed by atoms with van der Waals surface area (Å²) in [6, 6.07) is 8.37. The fraction of sp³-hybridized carbons (Fsp3) is 0.267. The first-order valence-corrected chi connectivity index (χ1v) is 7.35. The van der Waals surface area contributed by atoms with E-state index < -0.39 is 0 Å². The molecule has 0 spiro atoms. The highest BCUT2D eigenvalue weighted by Gasteiger charge is 2.10. The Morgan fingerprint density at radius 3 is 2.79 bits per heavy atom. The van der Waals surface area contributed by atoms with E-state index in [1.165, 1.54) is 9.13 Å². The second-order valence-electron chi connectivity index (χ2n) is 4.54. The van der Waals surface area contributed by atoms with Crippen LogP contribution >= 0.6 is 22.6 Å². The predicted molar refractivity (Wildman–Crippen MR) is 85.5 cm³/mol. The lowest BCUT2D eigenvalue weighted by Crippen LogP contribution is -2.28. The third kappa shape index (κ3) is 4.38. The van der Waals surface area contributed by atoms with Crippen LogP contribution in [0.25, 0.3) is 0 Å². The molecule has 1 aromatic carbocycles. The van der Waals surface area contributed by atoms with Crippen LogP contribution in [0.1, 0.15) is 12.0 Å². The van der Waals surface area contributed by atoms with Crippen molar-refractivity contribution in [2.45, 2.75) is 12.8 Å². The molecule has 1 aliphatic heterocycles. The summed E-state index contributed by atoms with van der Waals surface area (Å²) >= 11 is 2.29. The smallest absolute Gasteiger partial charge is 0.249 e. The number of hydrogen-bond acceptors (Lipinski definition) is 2. The normalized spacial score (nSPS) is 14.2. The molecule has 0 unspecified atom stereocenters. The van der Waals surface area contributed by atoms with Gasteiger partial charge in [0.15, 0.2) is 0 Å². The lowest BCUT2D eigenvalue weighted by atomic mass is 10.1. The van der Waals surface area contributed by atoms with Crippen LogP contribution in [0.4, 0.5) is 0 Å². The molecule has 0 bridgehead atoms. The van der Waals surface area contributed by atoms with Crippen LogP contribution in [-0.2, 0) is 11.2 Å². The number of amides is 1. The van der Waals surface area contributed by atoms with Gasteiger partial charge in [-0.15, -0.1) is 0 Å². The number of halogens is 1. The average Bonchev–Trinajstić information content (AvgIpc) is 2.41. The molecule has 0 aromatic heterocycles. The van der Waals surface area contributed by atoms with Gasteiger partial charge < -0.3 is 10.2 Å². The number of rotatable bonds is 4. The minimum absolute atomic E-state index is 0.0294. The molecule has 1 aromatic rings. The first-order chi connectivity index (χ1) is 9.15. The van der Waals surface area contributed by atoms with Gasteiger partial charge in [-0.1, -0.05) is 18.2 Å². The van der Waals surface area contributed by atoms with Gasteiger partial charge in [0.25, 0.3) is 0 Å². The molecule has 0 atom stereocenters. The van der Waals surface area contributed by atoms with E-state index in [0.29, 0.717) is 13.0 Å². The van der Waals surface area contributed by atoms with Gasteiger partial charge in [0.05, 0.1) is 0 Å². The van der Waals surface area contributed by atoms with E-state index in [0.717, 1.165) is 12.0 Å². The van der Waals surface area contributed by atoms with Crippen molar-refractivity contribution >= 4 is 28.5 Å². The number of nitrogens with one attached hydrogen (secondary N) is 1. The zero-order valence-electron chi connectivity index (χ0n) is 10.9. The Morgan fingerprint density at radius 2 is 2.11 bits per heavy atom. The van der Waals surface area contributed by atoms with Gasteiger partial charge in [0.1, 0.15) is 0 Å². The Morgan fingerprint density at radius 1 is 1.37 bits per heavy atom. The Labute approximate surface area is 127 Å². The molecular formula is C15H17IN2O.